The number of hydrogen-bond acceptors (Lipinski definition) is 3. The average molecular weight is 399 g/mol. The predicted octanol–water partition coefficient (Wildman–Crippen LogP) is 6.16. The topological polar surface area (TPSA) is 35.5 Å². The molecule has 0 saturated heterocycles. The van der Waals surface area contributed by atoms with Crippen LogP contribution in [0.25, 0.3) is 0 Å². The van der Waals surface area contributed by atoms with Crippen LogP contribution in [0, 0.1) is 11.8 Å². The van der Waals surface area contributed by atoms with Crippen molar-refractivity contribution in [3.8, 4) is 11.8 Å². The van der Waals surface area contributed by atoms with Crippen LogP contribution < -0.4 is 0 Å². The summed E-state index contributed by atoms with van der Waals surface area (Å²) in [5, 5.41) is 0.430. The van der Waals surface area contributed by atoms with Crippen LogP contribution in [0.5, 0.6) is 0 Å². The van der Waals surface area contributed by atoms with Crippen LogP contribution in [0.15, 0.2) is 0 Å². The molecule has 0 atom stereocenters. The number of rotatable bonds is 9. The first-order chi connectivity index (χ1) is 11.6. The molecule has 0 aromatic heterocycles. The van der Waals surface area contributed by atoms with Crippen LogP contribution in [-0.2, 0) is 13.6 Å². The van der Waals surface area contributed by atoms with E-state index in [0.29, 0.717) is 13.0 Å². The monoisotopic (exact) mass is 398 g/mol. The van der Waals surface area contributed by atoms with E-state index in [1.807, 2.05) is 0 Å². The molecule has 5 heteroatoms. The molecule has 0 fully saturated rings. The van der Waals surface area contributed by atoms with E-state index in [1.54, 1.807) is 0 Å². The third-order valence-corrected chi connectivity index (χ3v) is 14.9. The highest BCUT2D eigenvalue weighted by Crippen LogP contribution is 2.37. The molecule has 0 aromatic rings. The molecule has 0 unspecified atom stereocenters. The van der Waals surface area contributed by atoms with Gasteiger partial charge in [-0.2, -0.15) is 0 Å². The van der Waals surface area contributed by atoms with Crippen molar-refractivity contribution in [3.05, 3.63) is 0 Å². The first-order valence-electron chi connectivity index (χ1n) is 9.90. The van der Waals surface area contributed by atoms with Gasteiger partial charge in [-0.25, -0.2) is 0 Å². The van der Waals surface area contributed by atoms with Gasteiger partial charge in [0.1, 0.15) is 0 Å². The summed E-state index contributed by atoms with van der Waals surface area (Å²) in [4.78, 5) is 11.9. The normalized spacial score (nSPS) is 13.3. The second-order valence-electron chi connectivity index (χ2n) is 10.1. The molecule has 0 aromatic carbocycles. The SMILES string of the molecule is CC(C)(C)[Si](C)(C)OCCCCC#CC(=O)CCO[Si](C)(C)C(C)(C)C. The lowest BCUT2D eigenvalue weighted by Crippen LogP contribution is -2.41. The summed E-state index contributed by atoms with van der Waals surface area (Å²) < 4.78 is 12.2. The second kappa shape index (κ2) is 10.2. The standard InChI is InChI=1S/C21H42O3Si2/c1-20(2,3)25(7,8)23-17-14-12-11-13-15-19(22)16-18-24-26(9,10)21(4,5)6/h11-12,14,16-18H2,1-10H3. The Morgan fingerprint density at radius 2 is 1.27 bits per heavy atom. The molecule has 3 nitrogen and oxygen atoms in total. The molecule has 26 heavy (non-hydrogen) atoms. The largest absolute Gasteiger partial charge is 0.417 e. The van der Waals surface area contributed by atoms with Gasteiger partial charge in [-0.05, 0) is 55.0 Å². The Morgan fingerprint density at radius 1 is 0.808 bits per heavy atom. The highest BCUT2D eigenvalue weighted by atomic mass is 28.4. The molecule has 0 aliphatic carbocycles. The van der Waals surface area contributed by atoms with Crippen molar-refractivity contribution in [3.63, 3.8) is 0 Å². The summed E-state index contributed by atoms with van der Waals surface area (Å²) in [5.74, 6) is 5.74. The Labute approximate surface area is 164 Å². The molecule has 0 rings (SSSR count). The Hall–Kier alpha value is -0.416. The van der Waals surface area contributed by atoms with Crippen molar-refractivity contribution < 1.29 is 13.6 Å². The predicted molar refractivity (Wildman–Crippen MR) is 118 cm³/mol. The minimum atomic E-state index is -1.76. The zero-order valence-corrected chi connectivity index (χ0v) is 21.0. The van der Waals surface area contributed by atoms with Gasteiger partial charge < -0.3 is 8.85 Å². The minimum Gasteiger partial charge on any atom is -0.417 e. The van der Waals surface area contributed by atoms with Crippen molar-refractivity contribution >= 4 is 22.4 Å². The fraction of sp³-hybridized carbons (Fsp3) is 0.857. The van der Waals surface area contributed by atoms with Gasteiger partial charge in [0, 0.05) is 26.1 Å². The van der Waals surface area contributed by atoms with E-state index >= 15 is 0 Å². The zero-order valence-electron chi connectivity index (χ0n) is 19.0. The smallest absolute Gasteiger partial charge is 0.207 e. The Bertz CT molecular complexity index is 500. The number of carbonyl (C=O) groups excluding carboxylic acids is 1. The molecule has 0 aliphatic heterocycles. The third kappa shape index (κ3) is 9.50. The summed E-state index contributed by atoms with van der Waals surface area (Å²) >= 11 is 0. The Morgan fingerprint density at radius 3 is 1.73 bits per heavy atom. The van der Waals surface area contributed by atoms with Crippen LogP contribution in [0.2, 0.25) is 36.3 Å². The minimum absolute atomic E-state index is 0.0127. The Kier molecular flexibility index (Phi) is 10.1. The highest BCUT2D eigenvalue weighted by molar-refractivity contribution is 6.74. The number of carbonyl (C=O) groups is 1. The van der Waals surface area contributed by atoms with E-state index < -0.39 is 16.6 Å². The molecule has 0 amide bonds. The first kappa shape index (κ1) is 25.6. The lowest BCUT2D eigenvalue weighted by molar-refractivity contribution is -0.114. The Balaban J connectivity index is 3.97. The average Bonchev–Trinajstić information content (AvgIpc) is 2.43. The lowest BCUT2D eigenvalue weighted by Gasteiger charge is -2.36. The van der Waals surface area contributed by atoms with Crippen LogP contribution in [-0.4, -0.2) is 35.6 Å². The molecule has 0 aliphatic rings. The molecule has 0 radical (unpaired) electrons. The van der Waals surface area contributed by atoms with Gasteiger partial charge in [-0.3, -0.25) is 4.79 Å². The molecule has 0 N–H and O–H groups in total. The van der Waals surface area contributed by atoms with Crippen molar-refractivity contribution in [2.24, 2.45) is 0 Å². The number of hydrogen-bond donors (Lipinski definition) is 0. The van der Waals surface area contributed by atoms with E-state index in [9.17, 15) is 4.79 Å². The molecular formula is C21H42O3Si2. The maximum absolute atomic E-state index is 11.9. The number of Topliss-reactive ketones (excluding diaryl/α,β-unsaturated/α-hetero) is 1. The van der Waals surface area contributed by atoms with Crippen LogP contribution in [0.1, 0.15) is 67.2 Å². The van der Waals surface area contributed by atoms with Gasteiger partial charge in [0.15, 0.2) is 16.6 Å². The quantitative estimate of drug-likeness (QED) is 0.202. The number of ketones is 1. The van der Waals surface area contributed by atoms with E-state index in [1.165, 1.54) is 0 Å². The summed E-state index contributed by atoms with van der Waals surface area (Å²) in [6, 6.07) is 0. The second-order valence-corrected chi connectivity index (χ2v) is 19.8. The molecule has 0 heterocycles. The van der Waals surface area contributed by atoms with Gasteiger partial charge in [0.25, 0.3) is 0 Å². The molecule has 0 spiro atoms. The van der Waals surface area contributed by atoms with E-state index in [2.05, 4.69) is 79.6 Å². The number of unbranched alkanes of at least 4 members (excludes halogenated alkanes) is 2. The summed E-state index contributed by atoms with van der Waals surface area (Å²) in [6.45, 7) is 23.6. The fourth-order valence-corrected chi connectivity index (χ4v) is 3.83. The maximum Gasteiger partial charge on any atom is 0.207 e. The molecule has 0 saturated carbocycles. The van der Waals surface area contributed by atoms with Gasteiger partial charge in [0.05, 0.1) is 0 Å². The van der Waals surface area contributed by atoms with Gasteiger partial charge >= 0.3 is 0 Å². The van der Waals surface area contributed by atoms with Crippen LogP contribution in [0.3, 0.4) is 0 Å². The zero-order chi connectivity index (χ0) is 20.6. The maximum atomic E-state index is 11.9. The van der Waals surface area contributed by atoms with E-state index in [-0.39, 0.29) is 15.9 Å². The van der Waals surface area contributed by atoms with E-state index in [4.69, 9.17) is 8.85 Å². The van der Waals surface area contributed by atoms with Crippen molar-refractivity contribution in [2.45, 2.75) is 103 Å². The molecular weight excluding hydrogens is 356 g/mol. The first-order valence-corrected chi connectivity index (χ1v) is 15.7. The van der Waals surface area contributed by atoms with Gasteiger partial charge in [-0.15, -0.1) is 0 Å². The highest BCUT2D eigenvalue weighted by Gasteiger charge is 2.37. The van der Waals surface area contributed by atoms with E-state index in [0.717, 1.165) is 25.9 Å². The van der Waals surface area contributed by atoms with Gasteiger partial charge in [0.2, 0.25) is 5.78 Å². The van der Waals surface area contributed by atoms with Crippen LogP contribution in [0.4, 0.5) is 0 Å². The third-order valence-electron chi connectivity index (χ3n) is 5.79. The van der Waals surface area contributed by atoms with Crippen molar-refractivity contribution in [1.29, 1.82) is 0 Å². The summed E-state index contributed by atoms with van der Waals surface area (Å²) in [5.41, 5.74) is 0. The summed E-state index contributed by atoms with van der Waals surface area (Å²) in [7, 11) is -3.40. The lowest BCUT2D eigenvalue weighted by atomic mass is 10.2. The van der Waals surface area contributed by atoms with Crippen molar-refractivity contribution in [2.75, 3.05) is 13.2 Å². The van der Waals surface area contributed by atoms with Gasteiger partial charge in [-0.1, -0.05) is 47.5 Å². The van der Waals surface area contributed by atoms with Crippen LogP contribution >= 0.6 is 0 Å². The molecule has 0 bridgehead atoms. The molecule has 152 valence electrons. The van der Waals surface area contributed by atoms with Crippen molar-refractivity contribution in [1.82, 2.24) is 0 Å². The fourth-order valence-electron chi connectivity index (χ4n) is 1.70. The summed E-state index contributed by atoms with van der Waals surface area (Å²) in [6.07, 6.45) is 3.14.